The minimum atomic E-state index is -0.357. The Kier molecular flexibility index (Phi) is 4.41. The van der Waals surface area contributed by atoms with Crippen LogP contribution in [0.5, 0.6) is 0 Å². The Balaban J connectivity index is 1.79. The maximum Gasteiger partial charge on any atom is 0.329 e. The number of halogens is 1. The van der Waals surface area contributed by atoms with Crippen molar-refractivity contribution in [3.8, 4) is 0 Å². The van der Waals surface area contributed by atoms with Crippen LogP contribution >= 0.6 is 15.9 Å². The summed E-state index contributed by atoms with van der Waals surface area (Å²) in [6.45, 7) is 6.75. The molecule has 4 aromatic rings. The molecular weight excluding hydrogens is 458 g/mol. The summed E-state index contributed by atoms with van der Waals surface area (Å²) >= 11 is 3.52. The highest BCUT2D eigenvalue weighted by atomic mass is 79.9. The van der Waals surface area contributed by atoms with Gasteiger partial charge >= 0.3 is 5.69 Å². The molecule has 1 aliphatic heterocycles. The summed E-state index contributed by atoms with van der Waals surface area (Å²) in [6, 6.07) is 12.7. The van der Waals surface area contributed by atoms with Gasteiger partial charge in [0.05, 0.1) is 16.7 Å². The van der Waals surface area contributed by atoms with Crippen LogP contribution in [-0.2, 0) is 13.1 Å². The van der Waals surface area contributed by atoms with Crippen molar-refractivity contribution in [2.24, 2.45) is 0 Å². The van der Waals surface area contributed by atoms with Gasteiger partial charge in [-0.2, -0.15) is 0 Å². The molecule has 5 rings (SSSR count). The second-order valence-corrected chi connectivity index (χ2v) is 8.52. The van der Waals surface area contributed by atoms with E-state index in [1.54, 1.807) is 27.3 Å². The van der Waals surface area contributed by atoms with Gasteiger partial charge in [-0.15, -0.1) is 0 Å². The molecule has 3 aromatic carbocycles. The molecule has 6 nitrogen and oxygen atoms in total. The van der Waals surface area contributed by atoms with Crippen molar-refractivity contribution in [1.29, 1.82) is 0 Å². The van der Waals surface area contributed by atoms with Gasteiger partial charge in [0.15, 0.2) is 0 Å². The normalized spacial score (nSPS) is 13.6. The molecule has 0 aliphatic carbocycles. The third-order valence-corrected chi connectivity index (χ3v) is 6.76. The van der Waals surface area contributed by atoms with E-state index in [0.29, 0.717) is 35.3 Å². The van der Waals surface area contributed by atoms with Crippen LogP contribution in [0.3, 0.4) is 0 Å². The summed E-state index contributed by atoms with van der Waals surface area (Å²) in [7, 11) is 0. The number of rotatable bonds is 3. The highest BCUT2D eigenvalue weighted by Crippen LogP contribution is 2.37. The van der Waals surface area contributed by atoms with Gasteiger partial charge in [-0.3, -0.25) is 18.7 Å². The summed E-state index contributed by atoms with van der Waals surface area (Å²) in [4.78, 5) is 41.0. The first kappa shape index (κ1) is 19.8. The van der Waals surface area contributed by atoms with Crippen molar-refractivity contribution < 1.29 is 9.59 Å². The van der Waals surface area contributed by atoms with E-state index in [1.807, 2.05) is 45.0 Å². The maximum absolute atomic E-state index is 13.5. The van der Waals surface area contributed by atoms with Crippen LogP contribution in [0.4, 0.5) is 5.69 Å². The van der Waals surface area contributed by atoms with Crippen LogP contribution in [0.1, 0.15) is 40.1 Å². The summed E-state index contributed by atoms with van der Waals surface area (Å²) in [5, 5.41) is 1.51. The molecule has 0 fully saturated rings. The lowest BCUT2D eigenvalue weighted by atomic mass is 9.93. The standard InChI is InChI=1S/C24H20BrN3O3/c1-4-26-19-11-13(3)18(12-20(19)27(5-2)24(26)31)28-22(29)15-8-6-7-14-17(25)10-9-16(21(14)15)23(28)30/h6-12H,4-5H2,1-3H3. The highest BCUT2D eigenvalue weighted by Gasteiger charge is 2.35. The van der Waals surface area contributed by atoms with Crippen molar-refractivity contribution in [2.75, 3.05) is 4.90 Å². The predicted octanol–water partition coefficient (Wildman–Crippen LogP) is 4.87. The fraction of sp³-hybridized carbons (Fsp3) is 0.208. The monoisotopic (exact) mass is 477 g/mol. The van der Waals surface area contributed by atoms with Crippen LogP contribution in [0.2, 0.25) is 0 Å². The Morgan fingerprint density at radius 2 is 1.45 bits per heavy atom. The van der Waals surface area contributed by atoms with Crippen LogP contribution < -0.4 is 10.6 Å². The van der Waals surface area contributed by atoms with Crippen molar-refractivity contribution in [2.45, 2.75) is 33.9 Å². The fourth-order valence-electron chi connectivity index (χ4n) is 4.59. The number of carbonyl (C=O) groups is 2. The minimum Gasteiger partial charge on any atom is -0.292 e. The molecule has 0 saturated carbocycles. The number of fused-ring (bicyclic) bond motifs is 1. The molecule has 1 aromatic heterocycles. The van der Waals surface area contributed by atoms with E-state index in [-0.39, 0.29) is 17.5 Å². The number of aryl methyl sites for hydroxylation is 3. The van der Waals surface area contributed by atoms with Gasteiger partial charge in [0.2, 0.25) is 0 Å². The highest BCUT2D eigenvalue weighted by molar-refractivity contribution is 9.10. The molecule has 7 heteroatoms. The Hall–Kier alpha value is -3.19. The third-order valence-electron chi connectivity index (χ3n) is 6.06. The molecule has 156 valence electrons. The van der Waals surface area contributed by atoms with E-state index >= 15 is 0 Å². The topological polar surface area (TPSA) is 64.3 Å². The first-order chi connectivity index (χ1) is 14.9. The SMILES string of the molecule is CCn1c(=O)n(CC)c2cc(N3C(=O)c4cccc5c(Br)ccc(c45)C3=O)c(C)cc21. The molecule has 31 heavy (non-hydrogen) atoms. The number of imide groups is 1. The fourth-order valence-corrected chi connectivity index (χ4v) is 5.05. The quantitative estimate of drug-likeness (QED) is 0.395. The van der Waals surface area contributed by atoms with Gasteiger partial charge in [0.25, 0.3) is 11.8 Å². The summed E-state index contributed by atoms with van der Waals surface area (Å²) < 4.78 is 4.22. The number of hydrogen-bond donors (Lipinski definition) is 0. The van der Waals surface area contributed by atoms with Crippen molar-refractivity contribution in [3.05, 3.63) is 74.1 Å². The second-order valence-electron chi connectivity index (χ2n) is 7.67. The molecule has 0 spiro atoms. The minimum absolute atomic E-state index is 0.0900. The smallest absolute Gasteiger partial charge is 0.292 e. The zero-order valence-corrected chi connectivity index (χ0v) is 19.0. The second kappa shape index (κ2) is 6.92. The lowest BCUT2D eigenvalue weighted by Crippen LogP contribution is -2.40. The van der Waals surface area contributed by atoms with Crippen LogP contribution in [0, 0.1) is 6.92 Å². The van der Waals surface area contributed by atoms with Crippen molar-refractivity contribution in [1.82, 2.24) is 9.13 Å². The Bertz CT molecular complexity index is 1470. The number of aromatic nitrogens is 2. The molecule has 0 N–H and O–H groups in total. The van der Waals surface area contributed by atoms with E-state index in [9.17, 15) is 14.4 Å². The van der Waals surface area contributed by atoms with Crippen LogP contribution in [0.15, 0.2) is 51.7 Å². The lowest BCUT2D eigenvalue weighted by Gasteiger charge is -2.28. The Morgan fingerprint density at radius 1 is 0.839 bits per heavy atom. The van der Waals surface area contributed by atoms with E-state index in [2.05, 4.69) is 15.9 Å². The predicted molar refractivity (Wildman–Crippen MR) is 125 cm³/mol. The number of imidazole rings is 1. The van der Waals surface area contributed by atoms with Crippen molar-refractivity contribution in [3.63, 3.8) is 0 Å². The molecule has 0 unspecified atom stereocenters. The van der Waals surface area contributed by atoms with Gasteiger partial charge in [0, 0.05) is 34.1 Å². The zero-order chi connectivity index (χ0) is 22.0. The van der Waals surface area contributed by atoms with Gasteiger partial charge in [-0.05, 0) is 62.1 Å². The number of benzene rings is 3. The van der Waals surface area contributed by atoms with E-state index in [1.165, 1.54) is 4.90 Å². The molecule has 0 saturated heterocycles. The number of hydrogen-bond acceptors (Lipinski definition) is 3. The molecule has 2 heterocycles. The average Bonchev–Trinajstić information content (AvgIpc) is 3.02. The van der Waals surface area contributed by atoms with Gasteiger partial charge in [-0.25, -0.2) is 9.69 Å². The molecule has 1 aliphatic rings. The Morgan fingerprint density at radius 3 is 2.10 bits per heavy atom. The van der Waals surface area contributed by atoms with Gasteiger partial charge in [-0.1, -0.05) is 28.1 Å². The lowest BCUT2D eigenvalue weighted by molar-refractivity contribution is 0.0893. The number of carbonyl (C=O) groups excluding carboxylic acids is 2. The van der Waals surface area contributed by atoms with Gasteiger partial charge in [0.1, 0.15) is 0 Å². The molecular formula is C24H20BrN3O3. The van der Waals surface area contributed by atoms with Crippen molar-refractivity contribution >= 4 is 55.2 Å². The van der Waals surface area contributed by atoms with Gasteiger partial charge < -0.3 is 0 Å². The molecule has 0 atom stereocenters. The summed E-state index contributed by atoms with van der Waals surface area (Å²) in [5.41, 5.74) is 3.68. The number of anilines is 1. The van der Waals surface area contributed by atoms with E-state index in [0.717, 1.165) is 26.5 Å². The molecule has 0 bridgehead atoms. The number of nitrogens with zero attached hydrogens (tertiary/aromatic N) is 3. The summed E-state index contributed by atoms with van der Waals surface area (Å²) in [5.74, 6) is -0.715. The molecule has 0 radical (unpaired) electrons. The Labute approximate surface area is 186 Å². The summed E-state index contributed by atoms with van der Waals surface area (Å²) in [6.07, 6.45) is 0. The largest absolute Gasteiger partial charge is 0.329 e. The van der Waals surface area contributed by atoms with Crippen LogP contribution in [0.25, 0.3) is 21.8 Å². The zero-order valence-electron chi connectivity index (χ0n) is 17.4. The average molecular weight is 478 g/mol. The van der Waals surface area contributed by atoms with E-state index in [4.69, 9.17) is 0 Å². The maximum atomic E-state index is 13.5. The number of amides is 2. The molecule has 2 amide bonds. The first-order valence-electron chi connectivity index (χ1n) is 10.2. The first-order valence-corrected chi connectivity index (χ1v) is 11.0. The van der Waals surface area contributed by atoms with E-state index < -0.39 is 0 Å². The third kappa shape index (κ3) is 2.59. The van der Waals surface area contributed by atoms with Crippen LogP contribution in [-0.4, -0.2) is 20.9 Å².